The summed E-state index contributed by atoms with van der Waals surface area (Å²) in [4.78, 5) is 6.96. The molecule has 0 aliphatic carbocycles. The molecular formula is C23H26N4O3. The second-order valence-corrected chi connectivity index (χ2v) is 7.21. The van der Waals surface area contributed by atoms with Gasteiger partial charge in [-0.25, -0.2) is 4.98 Å². The Morgan fingerprint density at radius 2 is 1.50 bits per heavy atom. The number of benzene rings is 2. The molecule has 0 unspecified atom stereocenters. The Morgan fingerprint density at radius 1 is 0.900 bits per heavy atom. The van der Waals surface area contributed by atoms with Crippen molar-refractivity contribution in [2.45, 2.75) is 25.9 Å². The van der Waals surface area contributed by atoms with Crippen molar-refractivity contribution in [3.63, 3.8) is 0 Å². The summed E-state index contributed by atoms with van der Waals surface area (Å²) in [6.45, 7) is 4.02. The number of anilines is 1. The zero-order valence-electron chi connectivity index (χ0n) is 17.3. The van der Waals surface area contributed by atoms with Gasteiger partial charge in [0.1, 0.15) is 22.9 Å². The van der Waals surface area contributed by atoms with Gasteiger partial charge in [0.15, 0.2) is 0 Å². The number of nitrogens with zero attached hydrogens (tertiary/aromatic N) is 4. The topological polar surface area (TPSA) is 80.6 Å². The molecule has 30 heavy (non-hydrogen) atoms. The summed E-state index contributed by atoms with van der Waals surface area (Å²) in [5, 5.41) is 18.8. The Balaban J connectivity index is 1.74. The van der Waals surface area contributed by atoms with Crippen LogP contribution in [0.3, 0.4) is 0 Å². The van der Waals surface area contributed by atoms with E-state index in [1.165, 1.54) is 0 Å². The number of hydrogen-bond acceptors (Lipinski definition) is 7. The van der Waals surface area contributed by atoms with Gasteiger partial charge in [0.05, 0.1) is 19.8 Å². The van der Waals surface area contributed by atoms with E-state index in [-0.39, 0.29) is 6.10 Å². The van der Waals surface area contributed by atoms with Crippen molar-refractivity contribution in [2.75, 3.05) is 31.7 Å². The minimum atomic E-state index is -0.252. The molecule has 1 aliphatic rings. The average Bonchev–Trinajstić information content (AvgIpc) is 2.80. The van der Waals surface area contributed by atoms with E-state index < -0.39 is 0 Å². The van der Waals surface area contributed by atoms with Crippen molar-refractivity contribution in [1.29, 1.82) is 0 Å². The van der Waals surface area contributed by atoms with Crippen molar-refractivity contribution >= 4 is 5.95 Å². The molecule has 3 aromatic rings. The van der Waals surface area contributed by atoms with E-state index in [2.05, 4.69) is 15.1 Å². The third kappa shape index (κ3) is 4.36. The molecule has 4 rings (SSSR count). The molecule has 1 aromatic heterocycles. The maximum atomic E-state index is 9.81. The Kier molecular flexibility index (Phi) is 6.09. The van der Waals surface area contributed by atoms with Crippen LogP contribution in [0, 0.1) is 0 Å². The molecule has 7 nitrogen and oxygen atoms in total. The van der Waals surface area contributed by atoms with Gasteiger partial charge < -0.3 is 19.5 Å². The zero-order chi connectivity index (χ0) is 20.9. The molecule has 1 saturated heterocycles. The van der Waals surface area contributed by atoms with Crippen LogP contribution in [0.4, 0.5) is 5.95 Å². The minimum Gasteiger partial charge on any atom is -0.497 e. The number of rotatable bonds is 6. The fourth-order valence-electron chi connectivity index (χ4n) is 3.54. The molecule has 0 saturated carbocycles. The summed E-state index contributed by atoms with van der Waals surface area (Å²) in [5.41, 5.74) is 3.33. The zero-order valence-corrected chi connectivity index (χ0v) is 17.3. The summed E-state index contributed by atoms with van der Waals surface area (Å²) in [7, 11) is 1.64. The smallest absolute Gasteiger partial charge is 0.245 e. The normalized spacial score (nSPS) is 14.6. The average molecular weight is 406 g/mol. The highest BCUT2D eigenvalue weighted by molar-refractivity contribution is 5.78. The van der Waals surface area contributed by atoms with Crippen LogP contribution >= 0.6 is 0 Å². The molecule has 1 fully saturated rings. The number of aliphatic hydroxyl groups excluding tert-OH is 1. The lowest BCUT2D eigenvalue weighted by Crippen LogP contribution is -2.37. The van der Waals surface area contributed by atoms with Gasteiger partial charge >= 0.3 is 0 Å². The highest BCUT2D eigenvalue weighted by atomic mass is 16.5. The molecule has 1 N–H and O–H groups in total. The standard InChI is InChI=1S/C23H26N4O3/c1-3-30-20-10-6-16(7-11-20)21-22(17-4-8-19(29-2)9-5-17)25-26-23(24-21)27-14-12-18(28)13-15-27/h4-11,18,28H,3,12-15H2,1-2H3. The number of aliphatic hydroxyl groups is 1. The summed E-state index contributed by atoms with van der Waals surface area (Å²) in [6, 6.07) is 15.6. The molecule has 0 radical (unpaired) electrons. The third-order valence-electron chi connectivity index (χ3n) is 5.23. The first-order chi connectivity index (χ1) is 14.7. The minimum absolute atomic E-state index is 0.252. The summed E-state index contributed by atoms with van der Waals surface area (Å²) < 4.78 is 10.8. The summed E-state index contributed by atoms with van der Waals surface area (Å²) in [6.07, 6.45) is 1.17. The maximum Gasteiger partial charge on any atom is 0.245 e. The fourth-order valence-corrected chi connectivity index (χ4v) is 3.54. The van der Waals surface area contributed by atoms with E-state index in [9.17, 15) is 5.11 Å². The Bertz CT molecular complexity index is 969. The molecule has 2 aromatic carbocycles. The second kappa shape index (κ2) is 9.09. The van der Waals surface area contributed by atoms with Crippen molar-refractivity contribution < 1.29 is 14.6 Å². The van der Waals surface area contributed by atoms with Crippen molar-refractivity contribution in [3.8, 4) is 34.0 Å². The molecule has 0 atom stereocenters. The van der Waals surface area contributed by atoms with E-state index in [1.54, 1.807) is 7.11 Å². The Hall–Kier alpha value is -3.19. The van der Waals surface area contributed by atoms with E-state index in [4.69, 9.17) is 14.5 Å². The summed E-state index contributed by atoms with van der Waals surface area (Å²) >= 11 is 0. The van der Waals surface area contributed by atoms with Gasteiger partial charge in [0.2, 0.25) is 5.95 Å². The van der Waals surface area contributed by atoms with Gasteiger partial charge in [-0.1, -0.05) is 0 Å². The van der Waals surface area contributed by atoms with Crippen LogP contribution in [0.5, 0.6) is 11.5 Å². The highest BCUT2D eigenvalue weighted by Crippen LogP contribution is 2.32. The number of hydrogen-bond donors (Lipinski definition) is 1. The molecule has 156 valence electrons. The summed E-state index contributed by atoms with van der Waals surface area (Å²) in [5.74, 6) is 2.19. The van der Waals surface area contributed by atoms with Crippen LogP contribution in [0.15, 0.2) is 48.5 Å². The van der Waals surface area contributed by atoms with Gasteiger partial charge in [0.25, 0.3) is 0 Å². The number of methoxy groups -OCH3 is 1. The van der Waals surface area contributed by atoms with Crippen LogP contribution in [0.1, 0.15) is 19.8 Å². The number of ether oxygens (including phenoxy) is 2. The Morgan fingerprint density at radius 3 is 2.10 bits per heavy atom. The van der Waals surface area contributed by atoms with Crippen LogP contribution in [-0.2, 0) is 0 Å². The van der Waals surface area contributed by atoms with Crippen molar-refractivity contribution in [2.24, 2.45) is 0 Å². The van der Waals surface area contributed by atoms with E-state index in [1.807, 2.05) is 55.5 Å². The van der Waals surface area contributed by atoms with Gasteiger partial charge in [0, 0.05) is 24.2 Å². The van der Waals surface area contributed by atoms with Gasteiger partial charge in [-0.05, 0) is 68.3 Å². The molecule has 2 heterocycles. The number of piperidine rings is 1. The molecular weight excluding hydrogens is 380 g/mol. The Labute approximate surface area is 176 Å². The van der Waals surface area contributed by atoms with Crippen molar-refractivity contribution in [3.05, 3.63) is 48.5 Å². The molecule has 0 amide bonds. The molecule has 7 heteroatoms. The second-order valence-electron chi connectivity index (χ2n) is 7.21. The van der Waals surface area contributed by atoms with Gasteiger partial charge in [-0.3, -0.25) is 0 Å². The van der Waals surface area contributed by atoms with Crippen molar-refractivity contribution in [1.82, 2.24) is 15.2 Å². The van der Waals surface area contributed by atoms with Gasteiger partial charge in [-0.2, -0.15) is 0 Å². The fraction of sp³-hybridized carbons (Fsp3) is 0.348. The lowest BCUT2D eigenvalue weighted by molar-refractivity contribution is 0.145. The maximum absolute atomic E-state index is 9.81. The quantitative estimate of drug-likeness (QED) is 0.670. The predicted octanol–water partition coefficient (Wildman–Crippen LogP) is 3.57. The highest BCUT2D eigenvalue weighted by Gasteiger charge is 2.22. The first-order valence-electron chi connectivity index (χ1n) is 10.2. The van der Waals surface area contributed by atoms with Crippen LogP contribution in [0.2, 0.25) is 0 Å². The van der Waals surface area contributed by atoms with Gasteiger partial charge in [-0.15, -0.1) is 10.2 Å². The van der Waals surface area contributed by atoms with E-state index in [0.29, 0.717) is 44.2 Å². The molecule has 0 bridgehead atoms. The monoisotopic (exact) mass is 406 g/mol. The molecule has 1 aliphatic heterocycles. The lowest BCUT2D eigenvalue weighted by atomic mass is 10.0. The SMILES string of the molecule is CCOc1ccc(-c2nc(N3CCC(O)CC3)nnc2-c2ccc(OC)cc2)cc1. The third-order valence-corrected chi connectivity index (χ3v) is 5.23. The number of aromatic nitrogens is 3. The lowest BCUT2D eigenvalue weighted by Gasteiger charge is -2.29. The van der Waals surface area contributed by atoms with E-state index >= 15 is 0 Å². The van der Waals surface area contributed by atoms with E-state index in [0.717, 1.165) is 28.3 Å². The van der Waals surface area contributed by atoms with Crippen LogP contribution in [0.25, 0.3) is 22.5 Å². The molecule has 0 spiro atoms. The predicted molar refractivity (Wildman–Crippen MR) is 116 cm³/mol. The first kappa shape index (κ1) is 20.1. The van der Waals surface area contributed by atoms with Crippen LogP contribution in [-0.4, -0.2) is 53.2 Å². The first-order valence-corrected chi connectivity index (χ1v) is 10.2. The largest absolute Gasteiger partial charge is 0.497 e. The van der Waals surface area contributed by atoms with Crippen LogP contribution < -0.4 is 14.4 Å².